The van der Waals surface area contributed by atoms with Crippen LogP contribution in [0.15, 0.2) is 30.3 Å². The van der Waals surface area contributed by atoms with Crippen molar-refractivity contribution in [3.8, 4) is 0 Å². The highest BCUT2D eigenvalue weighted by Gasteiger charge is 2.39. The van der Waals surface area contributed by atoms with Crippen LogP contribution < -0.4 is 10.0 Å². The molecule has 29 heavy (non-hydrogen) atoms. The van der Waals surface area contributed by atoms with E-state index in [2.05, 4.69) is 34.3 Å². The quantitative estimate of drug-likeness (QED) is 0.705. The second-order valence-corrected chi connectivity index (χ2v) is 9.88. The molecule has 1 aliphatic carbocycles. The SMILES string of the molecule is CCNC(=O)N1CCC(NS(C)(=O)=O)C1COC1CCC(c2ccccc2)CC1. The maximum atomic E-state index is 12.4. The zero-order valence-electron chi connectivity index (χ0n) is 17.3. The van der Waals surface area contributed by atoms with E-state index in [1.54, 1.807) is 4.90 Å². The third kappa shape index (κ3) is 6.17. The summed E-state index contributed by atoms with van der Waals surface area (Å²) in [6, 6.07) is 9.84. The number of carbonyl (C=O) groups is 1. The van der Waals surface area contributed by atoms with E-state index in [1.165, 1.54) is 5.56 Å². The molecule has 8 heteroatoms. The third-order valence-electron chi connectivity index (χ3n) is 5.95. The third-order valence-corrected chi connectivity index (χ3v) is 6.68. The van der Waals surface area contributed by atoms with Gasteiger partial charge in [-0.15, -0.1) is 0 Å². The molecule has 0 spiro atoms. The Morgan fingerprint density at radius 1 is 1.14 bits per heavy atom. The van der Waals surface area contributed by atoms with Crippen molar-refractivity contribution in [3.63, 3.8) is 0 Å². The maximum Gasteiger partial charge on any atom is 0.317 e. The molecule has 2 N–H and O–H groups in total. The standard InChI is InChI=1S/C21H33N3O4S/c1-3-22-21(25)24-14-13-19(23-29(2,26)27)20(24)15-28-18-11-9-17(10-12-18)16-7-5-4-6-8-16/h4-8,17-20,23H,3,9-15H2,1-2H3,(H,22,25). The second kappa shape index (κ2) is 9.91. The van der Waals surface area contributed by atoms with Crippen molar-refractivity contribution in [2.24, 2.45) is 0 Å². The van der Waals surface area contributed by atoms with Crippen LogP contribution in [0.2, 0.25) is 0 Å². The van der Waals surface area contributed by atoms with Crippen molar-refractivity contribution >= 4 is 16.1 Å². The van der Waals surface area contributed by atoms with Gasteiger partial charge in [-0.1, -0.05) is 30.3 Å². The van der Waals surface area contributed by atoms with Gasteiger partial charge in [0.05, 0.1) is 25.0 Å². The van der Waals surface area contributed by atoms with Crippen LogP contribution in [0.1, 0.15) is 50.5 Å². The van der Waals surface area contributed by atoms with Crippen LogP contribution in [0.3, 0.4) is 0 Å². The first-order valence-electron chi connectivity index (χ1n) is 10.6. The van der Waals surface area contributed by atoms with Crippen molar-refractivity contribution in [1.29, 1.82) is 0 Å². The van der Waals surface area contributed by atoms with E-state index in [9.17, 15) is 13.2 Å². The average Bonchev–Trinajstić information content (AvgIpc) is 3.08. The number of nitrogens with zero attached hydrogens (tertiary/aromatic N) is 1. The predicted octanol–water partition coefficient (Wildman–Crippen LogP) is 2.45. The Balaban J connectivity index is 1.56. The second-order valence-electron chi connectivity index (χ2n) is 8.10. The van der Waals surface area contributed by atoms with E-state index >= 15 is 0 Å². The van der Waals surface area contributed by atoms with Gasteiger partial charge in [-0.3, -0.25) is 0 Å². The van der Waals surface area contributed by atoms with Gasteiger partial charge in [0.2, 0.25) is 10.0 Å². The van der Waals surface area contributed by atoms with Gasteiger partial charge in [0, 0.05) is 19.1 Å². The normalized spacial score (nSPS) is 27.7. The summed E-state index contributed by atoms with van der Waals surface area (Å²) in [5.74, 6) is 0.578. The number of nitrogens with one attached hydrogen (secondary N) is 2. The Morgan fingerprint density at radius 2 is 1.83 bits per heavy atom. The van der Waals surface area contributed by atoms with E-state index in [-0.39, 0.29) is 24.2 Å². The van der Waals surface area contributed by atoms with Crippen LogP contribution in [-0.4, -0.2) is 63.5 Å². The lowest BCUT2D eigenvalue weighted by Gasteiger charge is -2.33. The molecule has 0 radical (unpaired) electrons. The highest BCUT2D eigenvalue weighted by Crippen LogP contribution is 2.34. The number of hydrogen-bond acceptors (Lipinski definition) is 4. The van der Waals surface area contributed by atoms with Crippen LogP contribution in [0.5, 0.6) is 0 Å². The monoisotopic (exact) mass is 423 g/mol. The largest absolute Gasteiger partial charge is 0.376 e. The van der Waals surface area contributed by atoms with Gasteiger partial charge in [-0.2, -0.15) is 0 Å². The Labute approximate surface area is 174 Å². The number of rotatable bonds is 7. The minimum atomic E-state index is -3.35. The number of likely N-dealkylation sites (tertiary alicyclic amines) is 1. The van der Waals surface area contributed by atoms with Gasteiger partial charge in [0.15, 0.2) is 0 Å². The van der Waals surface area contributed by atoms with Crippen LogP contribution in [0.4, 0.5) is 4.79 Å². The number of amides is 2. The van der Waals surface area contributed by atoms with Crippen LogP contribution in [0.25, 0.3) is 0 Å². The molecule has 1 saturated carbocycles. The number of benzene rings is 1. The summed E-state index contributed by atoms with van der Waals surface area (Å²) >= 11 is 0. The fourth-order valence-electron chi connectivity index (χ4n) is 4.50. The molecule has 162 valence electrons. The number of ether oxygens (including phenoxy) is 1. The highest BCUT2D eigenvalue weighted by atomic mass is 32.2. The fraction of sp³-hybridized carbons (Fsp3) is 0.667. The fourth-order valence-corrected chi connectivity index (χ4v) is 5.32. The lowest BCUT2D eigenvalue weighted by Crippen LogP contribution is -2.51. The topological polar surface area (TPSA) is 87.7 Å². The first-order valence-corrected chi connectivity index (χ1v) is 12.4. The predicted molar refractivity (Wildman–Crippen MR) is 113 cm³/mol. The summed E-state index contributed by atoms with van der Waals surface area (Å²) < 4.78 is 32.4. The molecule has 3 rings (SSSR count). The molecule has 1 aliphatic heterocycles. The summed E-state index contributed by atoms with van der Waals surface area (Å²) in [5.41, 5.74) is 1.39. The molecule has 2 atom stereocenters. The van der Waals surface area contributed by atoms with E-state index < -0.39 is 10.0 Å². The Hall–Kier alpha value is -1.64. The molecule has 1 aromatic carbocycles. The number of urea groups is 1. The van der Waals surface area contributed by atoms with E-state index in [0.29, 0.717) is 32.0 Å². The van der Waals surface area contributed by atoms with Gasteiger partial charge < -0.3 is 15.0 Å². The summed E-state index contributed by atoms with van der Waals surface area (Å²) in [6.45, 7) is 3.28. The lowest BCUT2D eigenvalue weighted by atomic mass is 9.83. The van der Waals surface area contributed by atoms with Crippen LogP contribution in [0, 0.1) is 0 Å². The minimum absolute atomic E-state index is 0.158. The van der Waals surface area contributed by atoms with Crippen molar-refractivity contribution < 1.29 is 17.9 Å². The molecule has 2 amide bonds. The molecule has 0 bridgehead atoms. The van der Waals surface area contributed by atoms with E-state index in [4.69, 9.17) is 4.74 Å². The van der Waals surface area contributed by atoms with Gasteiger partial charge in [0.25, 0.3) is 0 Å². The van der Waals surface area contributed by atoms with Crippen LogP contribution in [-0.2, 0) is 14.8 Å². The van der Waals surface area contributed by atoms with Gasteiger partial charge in [-0.05, 0) is 50.5 Å². The number of sulfonamides is 1. The van der Waals surface area contributed by atoms with Crippen molar-refractivity contribution in [2.75, 3.05) is 26.0 Å². The lowest BCUT2D eigenvalue weighted by molar-refractivity contribution is -0.000622. The summed E-state index contributed by atoms with van der Waals surface area (Å²) in [5, 5.41) is 2.82. The average molecular weight is 424 g/mol. The smallest absolute Gasteiger partial charge is 0.317 e. The molecule has 1 saturated heterocycles. The molecule has 0 aromatic heterocycles. The molecule has 1 heterocycles. The number of carbonyl (C=O) groups excluding carboxylic acids is 1. The highest BCUT2D eigenvalue weighted by molar-refractivity contribution is 7.88. The van der Waals surface area contributed by atoms with Crippen molar-refractivity contribution in [1.82, 2.24) is 14.9 Å². The van der Waals surface area contributed by atoms with E-state index in [1.807, 2.05) is 13.0 Å². The number of hydrogen-bond donors (Lipinski definition) is 2. The minimum Gasteiger partial charge on any atom is -0.376 e. The van der Waals surface area contributed by atoms with Crippen molar-refractivity contribution in [3.05, 3.63) is 35.9 Å². The van der Waals surface area contributed by atoms with Gasteiger partial charge in [-0.25, -0.2) is 17.9 Å². The van der Waals surface area contributed by atoms with Gasteiger partial charge >= 0.3 is 6.03 Å². The van der Waals surface area contributed by atoms with E-state index in [0.717, 1.165) is 31.9 Å². The molecule has 2 fully saturated rings. The van der Waals surface area contributed by atoms with Crippen LogP contribution >= 0.6 is 0 Å². The van der Waals surface area contributed by atoms with Gasteiger partial charge in [0.1, 0.15) is 0 Å². The molecular weight excluding hydrogens is 390 g/mol. The summed E-state index contributed by atoms with van der Waals surface area (Å²) in [4.78, 5) is 14.1. The maximum absolute atomic E-state index is 12.4. The zero-order chi connectivity index (χ0) is 20.9. The molecule has 2 unspecified atom stereocenters. The molecular formula is C21H33N3O4S. The summed E-state index contributed by atoms with van der Waals surface area (Å²) in [6.07, 6.45) is 6.05. The zero-order valence-corrected chi connectivity index (χ0v) is 18.2. The molecule has 7 nitrogen and oxygen atoms in total. The Kier molecular flexibility index (Phi) is 7.54. The molecule has 2 aliphatic rings. The Bertz CT molecular complexity index is 763. The first kappa shape index (κ1) is 22.1. The summed E-state index contributed by atoms with van der Waals surface area (Å²) in [7, 11) is -3.35. The van der Waals surface area contributed by atoms with Crippen molar-refractivity contribution in [2.45, 2.75) is 63.1 Å². The molecule has 1 aromatic rings. The first-order chi connectivity index (χ1) is 13.9. The Morgan fingerprint density at radius 3 is 2.45 bits per heavy atom.